The van der Waals surface area contributed by atoms with E-state index in [9.17, 15) is 14.7 Å². The van der Waals surface area contributed by atoms with Crippen molar-refractivity contribution in [3.05, 3.63) is 46.7 Å². The molecule has 0 radical (unpaired) electrons. The maximum absolute atomic E-state index is 11.9. The second kappa shape index (κ2) is 8.25. The van der Waals surface area contributed by atoms with E-state index in [1.54, 1.807) is 46.3 Å². The molecule has 0 aliphatic heterocycles. The van der Waals surface area contributed by atoms with Gasteiger partial charge in [-0.3, -0.25) is 9.59 Å². The first-order chi connectivity index (χ1) is 13.1. The molecule has 0 spiro atoms. The normalized spacial score (nSPS) is 10.9. The fraction of sp³-hybridized carbons (Fsp3) is 0.167. The number of hydrogen-bond acceptors (Lipinski definition) is 6. The molecule has 2 heterocycles. The first kappa shape index (κ1) is 18.3. The van der Waals surface area contributed by atoms with E-state index in [2.05, 4.69) is 15.5 Å². The highest BCUT2D eigenvalue weighted by Gasteiger charge is 2.16. The number of fused-ring (bicyclic) bond motifs is 1. The third-order valence-corrected chi connectivity index (χ3v) is 4.64. The van der Waals surface area contributed by atoms with Crippen molar-refractivity contribution in [2.75, 3.05) is 6.54 Å². The average molecular weight is 381 g/mol. The molecule has 0 saturated carbocycles. The maximum Gasteiger partial charge on any atom is 0.283 e. The summed E-state index contributed by atoms with van der Waals surface area (Å²) >= 11 is 1.27. The third kappa shape index (κ3) is 4.02. The fourth-order valence-corrected chi connectivity index (χ4v) is 3.19. The molecule has 1 aromatic carbocycles. The number of azo groups is 1. The lowest BCUT2D eigenvalue weighted by Crippen LogP contribution is -2.27. The van der Waals surface area contributed by atoms with Crippen molar-refractivity contribution in [2.45, 2.75) is 13.0 Å². The number of nitrogens with zero attached hydrogens (tertiary/aromatic N) is 4. The summed E-state index contributed by atoms with van der Waals surface area (Å²) < 4.78 is 1.55. The van der Waals surface area contributed by atoms with Crippen LogP contribution in [0.5, 0.6) is 5.88 Å². The summed E-state index contributed by atoms with van der Waals surface area (Å²) in [6, 6.07) is 12.5. The topological polar surface area (TPSA) is 120 Å². The van der Waals surface area contributed by atoms with Crippen LogP contribution < -0.4 is 5.32 Å². The Morgan fingerprint density at radius 2 is 2.07 bits per heavy atom. The van der Waals surface area contributed by atoms with Crippen LogP contribution in [0.2, 0.25) is 0 Å². The van der Waals surface area contributed by atoms with Crippen molar-refractivity contribution in [2.24, 2.45) is 10.2 Å². The number of rotatable bonds is 6. The van der Waals surface area contributed by atoms with E-state index in [0.717, 1.165) is 0 Å². The Morgan fingerprint density at radius 3 is 2.81 bits per heavy atom. The molecule has 3 aromatic rings. The van der Waals surface area contributed by atoms with Crippen molar-refractivity contribution >= 4 is 39.7 Å². The van der Waals surface area contributed by atoms with Gasteiger partial charge in [0.05, 0.1) is 22.9 Å². The molecule has 0 bridgehead atoms. The highest BCUT2D eigenvalue weighted by atomic mass is 32.1. The van der Waals surface area contributed by atoms with Crippen LogP contribution >= 0.6 is 11.3 Å². The van der Waals surface area contributed by atoms with Gasteiger partial charge in [-0.25, -0.2) is 0 Å². The van der Waals surface area contributed by atoms with E-state index in [1.807, 2.05) is 6.07 Å². The number of benzene rings is 1. The second-order valence-electron chi connectivity index (χ2n) is 5.50. The number of nitriles is 1. The van der Waals surface area contributed by atoms with Crippen LogP contribution in [-0.2, 0) is 11.3 Å². The zero-order valence-corrected chi connectivity index (χ0v) is 14.9. The quantitative estimate of drug-likeness (QED) is 0.636. The SMILES string of the molecule is N#CCCn1c(O)c(N=NC(=O)CNC(=O)c2cccs2)c2ccccc21. The monoisotopic (exact) mass is 381 g/mol. The predicted molar refractivity (Wildman–Crippen MR) is 100 cm³/mol. The molecule has 2 aromatic heterocycles. The van der Waals surface area contributed by atoms with E-state index in [0.29, 0.717) is 22.3 Å². The van der Waals surface area contributed by atoms with Crippen molar-refractivity contribution in [1.29, 1.82) is 5.26 Å². The van der Waals surface area contributed by atoms with Crippen LogP contribution in [-0.4, -0.2) is 28.0 Å². The van der Waals surface area contributed by atoms with Crippen molar-refractivity contribution in [1.82, 2.24) is 9.88 Å². The van der Waals surface area contributed by atoms with Gasteiger partial charge >= 0.3 is 0 Å². The number of carbonyl (C=O) groups is 2. The molecular formula is C18H15N5O3S. The van der Waals surface area contributed by atoms with Crippen molar-refractivity contribution < 1.29 is 14.7 Å². The van der Waals surface area contributed by atoms with Crippen LogP contribution in [0.25, 0.3) is 10.9 Å². The maximum atomic E-state index is 11.9. The lowest BCUT2D eigenvalue weighted by Gasteiger charge is -2.02. The lowest BCUT2D eigenvalue weighted by atomic mass is 10.2. The van der Waals surface area contributed by atoms with E-state index >= 15 is 0 Å². The number of amides is 2. The Hall–Kier alpha value is -3.51. The molecule has 3 rings (SSSR count). The largest absolute Gasteiger partial charge is 0.493 e. The Labute approximate surface area is 158 Å². The summed E-state index contributed by atoms with van der Waals surface area (Å²) in [4.78, 5) is 24.2. The number of thiophene rings is 1. The first-order valence-electron chi connectivity index (χ1n) is 8.05. The number of nitrogens with one attached hydrogen (secondary N) is 1. The molecular weight excluding hydrogens is 366 g/mol. The van der Waals surface area contributed by atoms with Crippen LogP contribution in [0.15, 0.2) is 52.0 Å². The minimum Gasteiger partial charge on any atom is -0.493 e. The zero-order valence-electron chi connectivity index (χ0n) is 14.1. The number of aryl methyl sites for hydroxylation is 1. The molecule has 0 fully saturated rings. The van der Waals surface area contributed by atoms with Crippen LogP contribution in [0.1, 0.15) is 16.1 Å². The van der Waals surface area contributed by atoms with Gasteiger partial charge in [0.15, 0.2) is 5.69 Å². The van der Waals surface area contributed by atoms with E-state index < -0.39 is 5.91 Å². The zero-order chi connectivity index (χ0) is 19.2. The molecule has 0 aliphatic carbocycles. The minimum atomic E-state index is -0.645. The van der Waals surface area contributed by atoms with Gasteiger partial charge in [0.1, 0.15) is 6.54 Å². The van der Waals surface area contributed by atoms with E-state index in [4.69, 9.17) is 5.26 Å². The number of para-hydroxylation sites is 1. The Bertz CT molecular complexity index is 1050. The molecule has 0 unspecified atom stereocenters. The molecule has 9 heteroatoms. The van der Waals surface area contributed by atoms with Gasteiger partial charge in [-0.1, -0.05) is 24.3 Å². The van der Waals surface area contributed by atoms with Gasteiger partial charge in [-0.2, -0.15) is 5.26 Å². The summed E-state index contributed by atoms with van der Waals surface area (Å²) in [5.74, 6) is -1.16. The molecule has 0 saturated heterocycles. The Balaban J connectivity index is 1.75. The Kier molecular flexibility index (Phi) is 5.58. The number of carbonyl (C=O) groups excluding carboxylic acids is 2. The van der Waals surface area contributed by atoms with Crippen molar-refractivity contribution in [3.8, 4) is 11.9 Å². The molecule has 0 atom stereocenters. The molecule has 27 heavy (non-hydrogen) atoms. The average Bonchev–Trinajstić information content (AvgIpc) is 3.30. The smallest absolute Gasteiger partial charge is 0.283 e. The van der Waals surface area contributed by atoms with Crippen LogP contribution in [0, 0.1) is 11.3 Å². The van der Waals surface area contributed by atoms with E-state index in [-0.39, 0.29) is 30.4 Å². The lowest BCUT2D eigenvalue weighted by molar-refractivity contribution is -0.117. The summed E-state index contributed by atoms with van der Waals surface area (Å²) in [5.41, 5.74) is 0.846. The molecule has 2 N–H and O–H groups in total. The number of aromatic hydroxyl groups is 1. The van der Waals surface area contributed by atoms with Gasteiger partial charge in [0.25, 0.3) is 11.8 Å². The second-order valence-corrected chi connectivity index (χ2v) is 6.45. The van der Waals surface area contributed by atoms with Crippen LogP contribution in [0.4, 0.5) is 5.69 Å². The van der Waals surface area contributed by atoms with Gasteiger partial charge in [-0.15, -0.1) is 21.6 Å². The summed E-state index contributed by atoms with van der Waals surface area (Å²) in [6.45, 7) is -0.00273. The number of aromatic nitrogens is 1. The third-order valence-electron chi connectivity index (χ3n) is 3.77. The fourth-order valence-electron chi connectivity index (χ4n) is 2.55. The summed E-state index contributed by atoms with van der Waals surface area (Å²) in [5, 5.41) is 31.5. The minimum absolute atomic E-state index is 0.154. The summed E-state index contributed by atoms with van der Waals surface area (Å²) in [6.07, 6.45) is 0.219. The molecule has 136 valence electrons. The van der Waals surface area contributed by atoms with Gasteiger partial charge in [0, 0.05) is 11.9 Å². The Morgan fingerprint density at radius 1 is 1.26 bits per heavy atom. The van der Waals surface area contributed by atoms with E-state index in [1.165, 1.54) is 11.3 Å². The van der Waals surface area contributed by atoms with Crippen LogP contribution in [0.3, 0.4) is 0 Å². The standard InChI is InChI=1S/C18H15N5O3S/c19-8-4-9-23-13-6-2-1-5-12(13)16(18(23)26)22-21-15(24)11-20-17(25)14-7-3-10-27-14/h1-3,5-7,10,26H,4,9,11H2,(H,20,25). The van der Waals surface area contributed by atoms with Gasteiger partial charge < -0.3 is 15.0 Å². The van der Waals surface area contributed by atoms with Gasteiger partial charge in [0.2, 0.25) is 5.88 Å². The first-order valence-corrected chi connectivity index (χ1v) is 8.93. The van der Waals surface area contributed by atoms with Gasteiger partial charge in [-0.05, 0) is 17.5 Å². The molecule has 0 aliphatic rings. The summed E-state index contributed by atoms with van der Waals surface area (Å²) in [7, 11) is 0. The highest BCUT2D eigenvalue weighted by molar-refractivity contribution is 7.12. The highest BCUT2D eigenvalue weighted by Crippen LogP contribution is 2.38. The predicted octanol–water partition coefficient (Wildman–Crippen LogP) is 3.36. The molecule has 2 amide bonds. The molecule has 8 nitrogen and oxygen atoms in total. The number of hydrogen-bond donors (Lipinski definition) is 2. The van der Waals surface area contributed by atoms with Crippen molar-refractivity contribution in [3.63, 3.8) is 0 Å².